The Labute approximate surface area is 84.2 Å². The van der Waals surface area contributed by atoms with Crippen LogP contribution >= 0.6 is 0 Å². The Balaban J connectivity index is 2.33. The van der Waals surface area contributed by atoms with E-state index in [0.29, 0.717) is 13.2 Å². The molecule has 1 aliphatic rings. The molecule has 0 atom stereocenters. The number of rotatable bonds is 2. The van der Waals surface area contributed by atoms with Crippen LogP contribution in [-0.2, 0) is 0 Å². The Morgan fingerprint density at radius 2 is 2.00 bits per heavy atom. The number of benzene rings is 1. The zero-order valence-electron chi connectivity index (χ0n) is 8.38. The standard InChI is InChI=1S/C12H14O2/c1-3-9(2)10-4-5-11-12(8-10)14-7-6-13-11/h4-5,8H,2-3,6-7H2,1H3. The van der Waals surface area contributed by atoms with Crippen LogP contribution in [-0.4, -0.2) is 13.2 Å². The maximum Gasteiger partial charge on any atom is 0.161 e. The lowest BCUT2D eigenvalue weighted by molar-refractivity contribution is 0.171. The molecule has 0 aliphatic carbocycles. The second kappa shape index (κ2) is 3.74. The predicted octanol–water partition coefficient (Wildman–Crippen LogP) is 2.88. The molecule has 0 saturated carbocycles. The minimum Gasteiger partial charge on any atom is -0.486 e. The summed E-state index contributed by atoms with van der Waals surface area (Å²) in [4.78, 5) is 0. The zero-order valence-corrected chi connectivity index (χ0v) is 8.38. The van der Waals surface area contributed by atoms with Crippen molar-refractivity contribution in [3.63, 3.8) is 0 Å². The highest BCUT2D eigenvalue weighted by atomic mass is 16.6. The summed E-state index contributed by atoms with van der Waals surface area (Å²) in [7, 11) is 0. The van der Waals surface area contributed by atoms with Crippen LogP contribution < -0.4 is 9.47 Å². The maximum absolute atomic E-state index is 5.49. The van der Waals surface area contributed by atoms with Crippen LogP contribution in [0.5, 0.6) is 11.5 Å². The van der Waals surface area contributed by atoms with Crippen molar-refractivity contribution in [1.29, 1.82) is 0 Å². The summed E-state index contributed by atoms with van der Waals surface area (Å²) in [5.74, 6) is 1.67. The Morgan fingerprint density at radius 3 is 2.71 bits per heavy atom. The fraction of sp³-hybridized carbons (Fsp3) is 0.333. The smallest absolute Gasteiger partial charge is 0.161 e. The molecule has 0 unspecified atom stereocenters. The summed E-state index contributed by atoms with van der Waals surface area (Å²) in [6.07, 6.45) is 0.958. The molecule has 0 spiro atoms. The third-order valence-electron chi connectivity index (χ3n) is 2.38. The van der Waals surface area contributed by atoms with E-state index in [1.807, 2.05) is 18.2 Å². The Hall–Kier alpha value is -1.44. The number of allylic oxidation sites excluding steroid dienone is 1. The van der Waals surface area contributed by atoms with E-state index in [0.717, 1.165) is 29.1 Å². The van der Waals surface area contributed by atoms with E-state index in [9.17, 15) is 0 Å². The van der Waals surface area contributed by atoms with Crippen LogP contribution in [0.4, 0.5) is 0 Å². The molecule has 1 aromatic carbocycles. The summed E-state index contributed by atoms with van der Waals surface area (Å²) < 4.78 is 10.9. The van der Waals surface area contributed by atoms with Gasteiger partial charge in [-0.05, 0) is 29.7 Å². The first-order chi connectivity index (χ1) is 6.81. The van der Waals surface area contributed by atoms with Gasteiger partial charge in [-0.25, -0.2) is 0 Å². The number of ether oxygens (including phenoxy) is 2. The second-order valence-electron chi connectivity index (χ2n) is 3.32. The molecule has 1 heterocycles. The van der Waals surface area contributed by atoms with Crippen molar-refractivity contribution >= 4 is 5.57 Å². The summed E-state index contributed by atoms with van der Waals surface area (Å²) >= 11 is 0. The first-order valence-corrected chi connectivity index (χ1v) is 4.89. The van der Waals surface area contributed by atoms with Gasteiger partial charge in [0.25, 0.3) is 0 Å². The van der Waals surface area contributed by atoms with Gasteiger partial charge in [0.2, 0.25) is 0 Å². The third-order valence-corrected chi connectivity index (χ3v) is 2.38. The van der Waals surface area contributed by atoms with Gasteiger partial charge >= 0.3 is 0 Å². The topological polar surface area (TPSA) is 18.5 Å². The molecule has 0 radical (unpaired) electrons. The van der Waals surface area contributed by atoms with E-state index in [2.05, 4.69) is 13.5 Å². The van der Waals surface area contributed by atoms with Gasteiger partial charge in [0, 0.05) is 0 Å². The molecule has 0 bridgehead atoms. The molecular formula is C12H14O2. The highest BCUT2D eigenvalue weighted by Gasteiger charge is 2.11. The average Bonchev–Trinajstić information content (AvgIpc) is 2.27. The van der Waals surface area contributed by atoms with Gasteiger partial charge < -0.3 is 9.47 Å². The molecule has 1 aliphatic heterocycles. The van der Waals surface area contributed by atoms with Crippen LogP contribution in [0.15, 0.2) is 24.8 Å². The van der Waals surface area contributed by atoms with Crippen LogP contribution in [0.25, 0.3) is 5.57 Å². The highest BCUT2D eigenvalue weighted by Crippen LogP contribution is 2.32. The molecule has 0 N–H and O–H groups in total. The zero-order chi connectivity index (χ0) is 9.97. The number of hydrogen-bond acceptors (Lipinski definition) is 2. The minimum absolute atomic E-state index is 0.634. The van der Waals surface area contributed by atoms with Gasteiger partial charge in [-0.1, -0.05) is 19.6 Å². The Morgan fingerprint density at radius 1 is 1.29 bits per heavy atom. The molecule has 2 heteroatoms. The molecule has 74 valence electrons. The number of hydrogen-bond donors (Lipinski definition) is 0. The van der Waals surface area contributed by atoms with Crippen molar-refractivity contribution in [3.05, 3.63) is 30.3 Å². The van der Waals surface area contributed by atoms with Crippen molar-refractivity contribution in [2.24, 2.45) is 0 Å². The van der Waals surface area contributed by atoms with E-state index in [4.69, 9.17) is 9.47 Å². The van der Waals surface area contributed by atoms with E-state index >= 15 is 0 Å². The summed E-state index contributed by atoms with van der Waals surface area (Å²) in [6.45, 7) is 7.37. The summed E-state index contributed by atoms with van der Waals surface area (Å²) in [6, 6.07) is 5.98. The van der Waals surface area contributed by atoms with Crippen molar-refractivity contribution in [1.82, 2.24) is 0 Å². The number of fused-ring (bicyclic) bond motifs is 1. The highest BCUT2D eigenvalue weighted by molar-refractivity contribution is 5.66. The fourth-order valence-electron chi connectivity index (χ4n) is 1.47. The lowest BCUT2D eigenvalue weighted by atomic mass is 10.0. The van der Waals surface area contributed by atoms with Gasteiger partial charge in [-0.15, -0.1) is 0 Å². The Bertz CT molecular complexity index is 355. The van der Waals surface area contributed by atoms with E-state index < -0.39 is 0 Å². The van der Waals surface area contributed by atoms with Crippen molar-refractivity contribution < 1.29 is 9.47 Å². The minimum atomic E-state index is 0.634. The first-order valence-electron chi connectivity index (χ1n) is 4.89. The monoisotopic (exact) mass is 190 g/mol. The van der Waals surface area contributed by atoms with E-state index in [1.165, 1.54) is 0 Å². The fourth-order valence-corrected chi connectivity index (χ4v) is 1.47. The van der Waals surface area contributed by atoms with Crippen LogP contribution in [0, 0.1) is 0 Å². The summed E-state index contributed by atoms with van der Waals surface area (Å²) in [5, 5.41) is 0. The summed E-state index contributed by atoms with van der Waals surface area (Å²) in [5.41, 5.74) is 2.26. The molecule has 0 aromatic heterocycles. The quantitative estimate of drug-likeness (QED) is 0.714. The van der Waals surface area contributed by atoms with Gasteiger partial charge in [-0.3, -0.25) is 0 Å². The molecule has 1 aromatic rings. The van der Waals surface area contributed by atoms with Crippen molar-refractivity contribution in [2.45, 2.75) is 13.3 Å². The Kier molecular flexibility index (Phi) is 2.44. The first kappa shape index (κ1) is 9.13. The van der Waals surface area contributed by atoms with Crippen molar-refractivity contribution in [2.75, 3.05) is 13.2 Å². The normalized spacial score (nSPS) is 13.8. The molecule has 0 amide bonds. The lowest BCUT2D eigenvalue weighted by Gasteiger charge is -2.19. The molecule has 14 heavy (non-hydrogen) atoms. The SMILES string of the molecule is C=C(CC)c1ccc2c(c1)OCCO2. The lowest BCUT2D eigenvalue weighted by Crippen LogP contribution is -2.15. The third kappa shape index (κ3) is 1.60. The van der Waals surface area contributed by atoms with Crippen molar-refractivity contribution in [3.8, 4) is 11.5 Å². The second-order valence-corrected chi connectivity index (χ2v) is 3.32. The molecular weight excluding hydrogens is 176 g/mol. The molecule has 2 nitrogen and oxygen atoms in total. The maximum atomic E-state index is 5.49. The largest absolute Gasteiger partial charge is 0.486 e. The predicted molar refractivity (Wildman–Crippen MR) is 56.8 cm³/mol. The van der Waals surface area contributed by atoms with E-state index in [1.54, 1.807) is 0 Å². The van der Waals surface area contributed by atoms with Crippen LogP contribution in [0.2, 0.25) is 0 Å². The molecule has 2 rings (SSSR count). The van der Waals surface area contributed by atoms with Gasteiger partial charge in [0.15, 0.2) is 11.5 Å². The molecule has 0 fully saturated rings. The van der Waals surface area contributed by atoms with Gasteiger partial charge in [0.05, 0.1) is 0 Å². The van der Waals surface area contributed by atoms with E-state index in [-0.39, 0.29) is 0 Å². The average molecular weight is 190 g/mol. The molecule has 0 saturated heterocycles. The van der Waals surface area contributed by atoms with Crippen LogP contribution in [0.1, 0.15) is 18.9 Å². The van der Waals surface area contributed by atoms with Crippen LogP contribution in [0.3, 0.4) is 0 Å². The van der Waals surface area contributed by atoms with Gasteiger partial charge in [0.1, 0.15) is 13.2 Å². The van der Waals surface area contributed by atoms with Gasteiger partial charge in [-0.2, -0.15) is 0 Å².